The fourth-order valence-corrected chi connectivity index (χ4v) is 4.47. The summed E-state index contributed by atoms with van der Waals surface area (Å²) < 4.78 is 471. The molecule has 63 heavy (non-hydrogen) atoms. The van der Waals surface area contributed by atoms with Gasteiger partial charge in [0.1, 0.15) is 0 Å². The van der Waals surface area contributed by atoms with Crippen molar-refractivity contribution in [3.63, 3.8) is 0 Å². The van der Waals surface area contributed by atoms with Gasteiger partial charge in [0.25, 0.3) is 0 Å². The lowest BCUT2D eigenvalue weighted by molar-refractivity contribution is -0.462. The first-order valence-electron chi connectivity index (χ1n) is 15.4. The first-order valence-corrected chi connectivity index (χ1v) is 15.4. The van der Waals surface area contributed by atoms with Crippen LogP contribution in [0.15, 0.2) is 0 Å². The molecule has 0 fully saturated rings. The third-order valence-electron chi connectivity index (χ3n) is 8.04. The Morgan fingerprint density at radius 2 is 0.492 bits per heavy atom. The highest BCUT2D eigenvalue weighted by molar-refractivity contribution is 5.16. The summed E-state index contributed by atoms with van der Waals surface area (Å²) in [5.74, 6) is -121. The summed E-state index contributed by atoms with van der Waals surface area (Å²) in [6, 6.07) is 0. The standard InChI is InChI=1S/C27H22F34O2/c1-9(63-11(2,3)4)62-10(5-7-12(28,29)14(32,33)16(36,37)18(40,41)20(44,45)22(48,49)24(52,53)26(56,57)58)6-8-13(30,31)15(34,35)17(38,39)19(42,43)21(46,47)23(50,51)25(54,55)27(59,60)61/h9-10H,5-8H2,1-4H3. The van der Waals surface area contributed by atoms with Crippen LogP contribution >= 0.6 is 0 Å². The fourth-order valence-electron chi connectivity index (χ4n) is 4.47. The lowest BCUT2D eigenvalue weighted by Crippen LogP contribution is -2.74. The molecule has 2 nitrogen and oxygen atoms in total. The first kappa shape index (κ1) is 60.5. The van der Waals surface area contributed by atoms with Crippen LogP contribution in [0.25, 0.3) is 0 Å². The highest BCUT2D eigenvalue weighted by atomic mass is 19.4. The van der Waals surface area contributed by atoms with Crippen molar-refractivity contribution in [2.75, 3.05) is 0 Å². The first-order chi connectivity index (χ1) is 26.7. The van der Waals surface area contributed by atoms with E-state index in [0.29, 0.717) is 6.92 Å². The summed E-state index contributed by atoms with van der Waals surface area (Å²) in [5.41, 5.74) is -1.69. The van der Waals surface area contributed by atoms with E-state index >= 15 is 0 Å². The molecule has 0 aromatic carbocycles. The van der Waals surface area contributed by atoms with Crippen molar-refractivity contribution >= 4 is 0 Å². The highest BCUT2D eigenvalue weighted by Crippen LogP contribution is 2.66. The normalized spacial score (nSPS) is 17.2. The number of alkyl halides is 34. The van der Waals surface area contributed by atoms with Gasteiger partial charge in [-0.25, -0.2) is 0 Å². The second-order valence-corrected chi connectivity index (χ2v) is 13.9. The molecule has 0 aliphatic heterocycles. The van der Waals surface area contributed by atoms with Gasteiger partial charge in [0.2, 0.25) is 0 Å². The van der Waals surface area contributed by atoms with Gasteiger partial charge >= 0.3 is 95.3 Å². The Morgan fingerprint density at radius 1 is 0.302 bits per heavy atom. The fraction of sp³-hybridized carbons (Fsp3) is 1.00. The Kier molecular flexibility index (Phi) is 15.8. The van der Waals surface area contributed by atoms with Crippen LogP contribution in [0.1, 0.15) is 53.4 Å². The molecule has 0 aliphatic carbocycles. The van der Waals surface area contributed by atoms with E-state index in [1.165, 1.54) is 0 Å². The Hall–Kier alpha value is -2.46. The quantitative estimate of drug-likeness (QED) is 0.0843. The summed E-state index contributed by atoms with van der Waals surface area (Å²) in [7, 11) is 0. The maximum atomic E-state index is 14.5. The monoisotopic (exact) mass is 1020 g/mol. The van der Waals surface area contributed by atoms with Gasteiger partial charge in [-0.1, -0.05) is 0 Å². The molecule has 0 saturated carbocycles. The Morgan fingerprint density at radius 3 is 0.683 bits per heavy atom. The lowest BCUT2D eigenvalue weighted by Gasteiger charge is -2.43. The van der Waals surface area contributed by atoms with Gasteiger partial charge in [0.15, 0.2) is 6.29 Å². The summed E-state index contributed by atoms with van der Waals surface area (Å²) in [5, 5.41) is 0. The van der Waals surface area contributed by atoms with Gasteiger partial charge < -0.3 is 9.47 Å². The maximum absolute atomic E-state index is 14.5. The topological polar surface area (TPSA) is 18.5 Å². The van der Waals surface area contributed by atoms with Crippen molar-refractivity contribution in [2.45, 2.75) is 167 Å². The Bertz CT molecular complexity index is 1440. The second-order valence-electron chi connectivity index (χ2n) is 13.9. The van der Waals surface area contributed by atoms with E-state index in [1.807, 2.05) is 0 Å². The average Bonchev–Trinajstić information content (AvgIpc) is 3.02. The smallest absolute Gasteiger partial charge is 0.350 e. The number of hydrogen-bond donors (Lipinski definition) is 0. The van der Waals surface area contributed by atoms with Crippen LogP contribution in [-0.2, 0) is 9.47 Å². The van der Waals surface area contributed by atoms with E-state index < -0.39 is 139 Å². The van der Waals surface area contributed by atoms with Crippen molar-refractivity contribution in [3.8, 4) is 0 Å². The highest BCUT2D eigenvalue weighted by Gasteiger charge is 2.97. The zero-order valence-corrected chi connectivity index (χ0v) is 30.2. The van der Waals surface area contributed by atoms with Gasteiger partial charge in [-0.15, -0.1) is 0 Å². The lowest BCUT2D eigenvalue weighted by atomic mass is 9.86. The van der Waals surface area contributed by atoms with E-state index in [4.69, 9.17) is 4.74 Å². The Balaban J connectivity index is 7.18. The minimum Gasteiger partial charge on any atom is -0.350 e. The molecular formula is C27H22F34O2. The van der Waals surface area contributed by atoms with E-state index in [9.17, 15) is 149 Å². The van der Waals surface area contributed by atoms with Crippen LogP contribution in [0.3, 0.4) is 0 Å². The summed E-state index contributed by atoms with van der Waals surface area (Å²) in [6.45, 7) is 3.26. The molecule has 0 radical (unpaired) electrons. The third-order valence-corrected chi connectivity index (χ3v) is 8.04. The van der Waals surface area contributed by atoms with Crippen LogP contribution in [0.4, 0.5) is 149 Å². The van der Waals surface area contributed by atoms with E-state index in [1.54, 1.807) is 0 Å². The zero-order chi connectivity index (χ0) is 51.9. The molecule has 0 heterocycles. The molecule has 0 bridgehead atoms. The minimum atomic E-state index is -9.14. The second kappa shape index (κ2) is 16.4. The third kappa shape index (κ3) is 9.44. The van der Waals surface area contributed by atoms with Crippen molar-refractivity contribution < 1.29 is 159 Å². The van der Waals surface area contributed by atoms with Crippen LogP contribution in [0.5, 0.6) is 0 Å². The number of rotatable bonds is 21. The predicted octanol–water partition coefficient (Wildman–Crippen LogP) is 14.1. The number of hydrogen-bond acceptors (Lipinski definition) is 2. The molecule has 0 spiro atoms. The van der Waals surface area contributed by atoms with Gasteiger partial charge in [-0.05, 0) is 40.5 Å². The molecule has 380 valence electrons. The largest absolute Gasteiger partial charge is 0.460 e. The van der Waals surface area contributed by atoms with E-state index in [0.717, 1.165) is 20.8 Å². The molecule has 0 saturated heterocycles. The van der Waals surface area contributed by atoms with Crippen molar-refractivity contribution in [1.29, 1.82) is 0 Å². The molecule has 1 atom stereocenters. The molecular weight excluding hydrogens is 1000 g/mol. The average molecular weight is 1020 g/mol. The van der Waals surface area contributed by atoms with Crippen LogP contribution < -0.4 is 0 Å². The molecule has 0 aliphatic rings. The number of halogens is 34. The molecule has 0 N–H and O–H groups in total. The van der Waals surface area contributed by atoms with Crippen molar-refractivity contribution in [1.82, 2.24) is 0 Å². The molecule has 0 rings (SSSR count). The summed E-state index contributed by atoms with van der Waals surface area (Å²) in [4.78, 5) is 0. The Labute approximate surface area is 326 Å². The molecule has 0 amide bonds. The van der Waals surface area contributed by atoms with E-state index in [2.05, 4.69) is 4.74 Å². The maximum Gasteiger partial charge on any atom is 0.460 e. The van der Waals surface area contributed by atoms with Crippen molar-refractivity contribution in [2.24, 2.45) is 0 Å². The van der Waals surface area contributed by atoms with Gasteiger partial charge in [0.05, 0.1) is 11.7 Å². The molecule has 0 aromatic heterocycles. The minimum absolute atomic E-state index is 0.416. The van der Waals surface area contributed by atoms with Crippen LogP contribution in [-0.4, -0.2) is 113 Å². The van der Waals surface area contributed by atoms with Gasteiger partial charge in [-0.2, -0.15) is 149 Å². The van der Waals surface area contributed by atoms with Gasteiger partial charge in [0, 0.05) is 12.8 Å². The van der Waals surface area contributed by atoms with E-state index in [-0.39, 0.29) is 0 Å². The summed E-state index contributed by atoms with van der Waals surface area (Å²) >= 11 is 0. The summed E-state index contributed by atoms with van der Waals surface area (Å²) in [6.07, 6.45) is -34.7. The number of ether oxygens (including phenoxy) is 2. The van der Waals surface area contributed by atoms with Crippen LogP contribution in [0.2, 0.25) is 0 Å². The van der Waals surface area contributed by atoms with Gasteiger partial charge in [-0.3, -0.25) is 0 Å². The molecule has 0 aromatic rings. The molecule has 1 unspecified atom stereocenters. The molecule has 36 heteroatoms. The predicted molar refractivity (Wildman–Crippen MR) is 135 cm³/mol. The zero-order valence-electron chi connectivity index (χ0n) is 30.2. The SMILES string of the molecule is CC(OC(CCC(F)(F)C(F)(F)C(F)(F)C(F)(F)C(F)(F)C(F)(F)C(F)(F)C(F)(F)F)CCC(F)(F)C(F)(F)C(F)(F)C(F)(F)C(F)(F)C(F)(F)C(F)(F)C(F)(F)F)OC(C)(C)C. The van der Waals surface area contributed by atoms with Crippen LogP contribution in [0, 0.1) is 0 Å². The van der Waals surface area contributed by atoms with Crippen molar-refractivity contribution in [3.05, 3.63) is 0 Å².